The minimum absolute atomic E-state index is 0.126. The van der Waals surface area contributed by atoms with Crippen molar-refractivity contribution in [2.75, 3.05) is 19.8 Å². The van der Waals surface area contributed by atoms with E-state index in [2.05, 4.69) is 12.1 Å². The molecular weight excluding hydrogens is 344 g/mol. The van der Waals surface area contributed by atoms with E-state index in [4.69, 9.17) is 14.2 Å². The van der Waals surface area contributed by atoms with Crippen LogP contribution in [0.5, 0.6) is 5.75 Å². The molecule has 27 heavy (non-hydrogen) atoms. The van der Waals surface area contributed by atoms with Crippen molar-refractivity contribution in [1.29, 1.82) is 0 Å². The van der Waals surface area contributed by atoms with Gasteiger partial charge in [0.2, 0.25) is 0 Å². The molecule has 0 saturated heterocycles. The van der Waals surface area contributed by atoms with Crippen LogP contribution >= 0.6 is 0 Å². The van der Waals surface area contributed by atoms with Crippen LogP contribution in [0.15, 0.2) is 48.5 Å². The molecule has 5 heteroatoms. The van der Waals surface area contributed by atoms with Crippen molar-refractivity contribution < 1.29 is 23.8 Å². The molecule has 0 radical (unpaired) electrons. The summed E-state index contributed by atoms with van der Waals surface area (Å²) >= 11 is 0. The number of carbonyl (C=O) groups is 2. The highest BCUT2D eigenvalue weighted by atomic mass is 16.5. The second kappa shape index (κ2) is 11.0. The maximum Gasteiger partial charge on any atom is 0.342 e. The normalized spacial score (nSPS) is 10.3. The lowest BCUT2D eigenvalue weighted by Gasteiger charge is -2.14. The first-order valence-corrected chi connectivity index (χ1v) is 9.31. The van der Waals surface area contributed by atoms with Crippen LogP contribution in [0.25, 0.3) is 0 Å². The molecule has 0 aromatic heterocycles. The van der Waals surface area contributed by atoms with Gasteiger partial charge in [0.15, 0.2) is 0 Å². The SMILES string of the molecule is CCOC(=O)c1cccc(OCCCCc2ccccc2)c1C(=O)OCC. The number of ether oxygens (including phenoxy) is 3. The van der Waals surface area contributed by atoms with Crippen LogP contribution in [0, 0.1) is 0 Å². The summed E-state index contributed by atoms with van der Waals surface area (Å²) in [6, 6.07) is 15.1. The van der Waals surface area contributed by atoms with E-state index in [1.165, 1.54) is 5.56 Å². The summed E-state index contributed by atoms with van der Waals surface area (Å²) in [7, 11) is 0. The van der Waals surface area contributed by atoms with Crippen molar-refractivity contribution in [1.82, 2.24) is 0 Å². The van der Waals surface area contributed by atoms with Crippen LogP contribution in [0.4, 0.5) is 0 Å². The highest BCUT2D eigenvalue weighted by Gasteiger charge is 2.23. The molecule has 2 rings (SSSR count). The Morgan fingerprint density at radius 3 is 2.22 bits per heavy atom. The Bertz CT molecular complexity index is 740. The van der Waals surface area contributed by atoms with Gasteiger partial charge < -0.3 is 14.2 Å². The molecule has 0 unspecified atom stereocenters. The van der Waals surface area contributed by atoms with E-state index in [1.807, 2.05) is 18.2 Å². The number of hydrogen-bond donors (Lipinski definition) is 0. The number of unbranched alkanes of at least 4 members (excludes halogenated alkanes) is 1. The second-order valence-corrected chi connectivity index (χ2v) is 5.91. The Labute approximate surface area is 160 Å². The molecular formula is C22H26O5. The molecule has 5 nitrogen and oxygen atoms in total. The fourth-order valence-electron chi connectivity index (χ4n) is 2.70. The third-order valence-electron chi connectivity index (χ3n) is 3.96. The molecule has 0 atom stereocenters. The van der Waals surface area contributed by atoms with Gasteiger partial charge in [-0.15, -0.1) is 0 Å². The first-order valence-electron chi connectivity index (χ1n) is 9.31. The smallest absolute Gasteiger partial charge is 0.342 e. The quantitative estimate of drug-likeness (QED) is 0.457. The summed E-state index contributed by atoms with van der Waals surface area (Å²) in [6.45, 7) is 4.33. The fourth-order valence-corrected chi connectivity index (χ4v) is 2.70. The van der Waals surface area contributed by atoms with Gasteiger partial charge in [0.25, 0.3) is 0 Å². The zero-order valence-electron chi connectivity index (χ0n) is 15.9. The zero-order chi connectivity index (χ0) is 19.5. The third-order valence-corrected chi connectivity index (χ3v) is 3.96. The number of hydrogen-bond acceptors (Lipinski definition) is 5. The van der Waals surface area contributed by atoms with Crippen molar-refractivity contribution in [2.45, 2.75) is 33.1 Å². The number of benzene rings is 2. The Kier molecular flexibility index (Phi) is 8.36. The Morgan fingerprint density at radius 2 is 1.52 bits per heavy atom. The van der Waals surface area contributed by atoms with Gasteiger partial charge >= 0.3 is 11.9 Å². The molecule has 144 valence electrons. The highest BCUT2D eigenvalue weighted by molar-refractivity contribution is 6.05. The lowest BCUT2D eigenvalue weighted by Crippen LogP contribution is -2.16. The number of aryl methyl sites for hydroxylation is 1. The van der Waals surface area contributed by atoms with Crippen molar-refractivity contribution >= 4 is 11.9 Å². The maximum atomic E-state index is 12.4. The summed E-state index contributed by atoms with van der Waals surface area (Å²) < 4.78 is 15.9. The van der Waals surface area contributed by atoms with Crippen LogP contribution in [0.2, 0.25) is 0 Å². The van der Waals surface area contributed by atoms with Crippen LogP contribution < -0.4 is 4.74 Å². The van der Waals surface area contributed by atoms with Gasteiger partial charge in [0, 0.05) is 0 Å². The first kappa shape index (κ1) is 20.5. The van der Waals surface area contributed by atoms with Gasteiger partial charge in [-0.25, -0.2) is 9.59 Å². The number of carbonyl (C=O) groups excluding carboxylic acids is 2. The molecule has 0 heterocycles. The summed E-state index contributed by atoms with van der Waals surface area (Å²) in [6.07, 6.45) is 2.77. The van der Waals surface area contributed by atoms with E-state index >= 15 is 0 Å². The first-order chi connectivity index (χ1) is 13.2. The average Bonchev–Trinajstić information content (AvgIpc) is 2.68. The minimum atomic E-state index is -0.583. The lowest BCUT2D eigenvalue weighted by molar-refractivity contribution is 0.0474. The van der Waals surface area contributed by atoms with E-state index < -0.39 is 11.9 Å². The van der Waals surface area contributed by atoms with E-state index in [0.29, 0.717) is 12.4 Å². The van der Waals surface area contributed by atoms with Crippen LogP contribution in [-0.4, -0.2) is 31.8 Å². The topological polar surface area (TPSA) is 61.8 Å². The second-order valence-electron chi connectivity index (χ2n) is 5.91. The van der Waals surface area contributed by atoms with Crippen molar-refractivity contribution in [3.63, 3.8) is 0 Å². The van der Waals surface area contributed by atoms with Crippen molar-refractivity contribution in [2.24, 2.45) is 0 Å². The van der Waals surface area contributed by atoms with Gasteiger partial charge in [-0.1, -0.05) is 36.4 Å². The molecule has 0 fully saturated rings. The highest BCUT2D eigenvalue weighted by Crippen LogP contribution is 2.25. The van der Waals surface area contributed by atoms with Crippen LogP contribution in [-0.2, 0) is 15.9 Å². The van der Waals surface area contributed by atoms with Crippen molar-refractivity contribution in [3.8, 4) is 5.75 Å². The lowest BCUT2D eigenvalue weighted by atomic mass is 10.1. The Balaban J connectivity index is 2.02. The van der Waals surface area contributed by atoms with E-state index in [-0.39, 0.29) is 24.3 Å². The Hall–Kier alpha value is -2.82. The zero-order valence-corrected chi connectivity index (χ0v) is 15.9. The summed E-state index contributed by atoms with van der Waals surface area (Å²) in [4.78, 5) is 24.5. The van der Waals surface area contributed by atoms with E-state index in [1.54, 1.807) is 32.0 Å². The molecule has 0 aliphatic carbocycles. The van der Waals surface area contributed by atoms with Gasteiger partial charge in [0.1, 0.15) is 11.3 Å². The van der Waals surface area contributed by atoms with Crippen molar-refractivity contribution in [3.05, 3.63) is 65.2 Å². The Morgan fingerprint density at radius 1 is 0.815 bits per heavy atom. The molecule has 0 bridgehead atoms. The van der Waals surface area contributed by atoms with Gasteiger partial charge in [0.05, 0.1) is 25.4 Å². The molecule has 2 aromatic carbocycles. The predicted molar refractivity (Wildman–Crippen MR) is 103 cm³/mol. The van der Waals surface area contributed by atoms with E-state index in [0.717, 1.165) is 19.3 Å². The molecule has 0 spiro atoms. The predicted octanol–water partition coefficient (Wildman–Crippen LogP) is 4.44. The standard InChI is InChI=1S/C22H26O5/c1-3-25-21(23)18-14-10-15-19(20(18)22(24)26-4-2)27-16-9-8-13-17-11-6-5-7-12-17/h5-7,10-12,14-15H,3-4,8-9,13,16H2,1-2H3. The average molecular weight is 370 g/mol. The molecule has 0 aliphatic heterocycles. The third kappa shape index (κ3) is 6.13. The van der Waals surface area contributed by atoms with Crippen LogP contribution in [0.3, 0.4) is 0 Å². The van der Waals surface area contributed by atoms with Gasteiger partial charge in [-0.05, 0) is 50.8 Å². The van der Waals surface area contributed by atoms with E-state index in [9.17, 15) is 9.59 Å². The minimum Gasteiger partial charge on any atom is -0.493 e. The van der Waals surface area contributed by atoms with Crippen LogP contribution in [0.1, 0.15) is 53.0 Å². The summed E-state index contributed by atoms with van der Waals surface area (Å²) in [5.41, 5.74) is 1.58. The number of rotatable bonds is 10. The largest absolute Gasteiger partial charge is 0.493 e. The molecule has 0 N–H and O–H groups in total. The molecule has 0 amide bonds. The molecule has 2 aromatic rings. The summed E-state index contributed by atoms with van der Waals surface area (Å²) in [5.74, 6) is -0.797. The molecule has 0 saturated carbocycles. The monoisotopic (exact) mass is 370 g/mol. The van der Waals surface area contributed by atoms with Gasteiger partial charge in [-0.3, -0.25) is 0 Å². The fraction of sp³-hybridized carbons (Fsp3) is 0.364. The van der Waals surface area contributed by atoms with Gasteiger partial charge in [-0.2, -0.15) is 0 Å². The number of esters is 2. The summed E-state index contributed by atoms with van der Waals surface area (Å²) in [5, 5.41) is 0. The molecule has 0 aliphatic rings. The maximum absolute atomic E-state index is 12.4.